The van der Waals surface area contributed by atoms with Gasteiger partial charge in [0.25, 0.3) is 5.91 Å². The number of carbonyl (C=O) groups excluding carboxylic acids is 2. The van der Waals surface area contributed by atoms with Crippen molar-refractivity contribution < 1.29 is 9.59 Å². The molecule has 2 aromatic rings. The van der Waals surface area contributed by atoms with Crippen LogP contribution in [0.25, 0.3) is 0 Å². The van der Waals surface area contributed by atoms with Gasteiger partial charge in [0.05, 0.1) is 17.0 Å². The summed E-state index contributed by atoms with van der Waals surface area (Å²) in [4.78, 5) is 23.5. The number of hydrogen-bond donors (Lipinski definition) is 2. The van der Waals surface area contributed by atoms with Crippen LogP contribution in [0.4, 0.5) is 5.69 Å². The number of nitrogens with two attached hydrogens (primary N) is 1. The van der Waals surface area contributed by atoms with Crippen molar-refractivity contribution in [2.45, 2.75) is 38.4 Å². The van der Waals surface area contributed by atoms with Crippen LogP contribution in [0, 0.1) is 0 Å². The molecule has 1 aromatic heterocycles. The van der Waals surface area contributed by atoms with E-state index in [1.165, 1.54) is 11.8 Å². The van der Waals surface area contributed by atoms with Crippen molar-refractivity contribution in [3.63, 3.8) is 0 Å². The molecule has 0 aliphatic carbocycles. The van der Waals surface area contributed by atoms with Crippen molar-refractivity contribution in [1.29, 1.82) is 0 Å². The Bertz CT molecular complexity index is 742. The molecule has 0 unspecified atom stereocenters. The van der Waals surface area contributed by atoms with Gasteiger partial charge in [-0.05, 0) is 19.1 Å². The lowest BCUT2D eigenvalue weighted by atomic mass is 10.1. The zero-order valence-corrected chi connectivity index (χ0v) is 14.8. The number of carbonyl (C=O) groups is 2. The van der Waals surface area contributed by atoms with Crippen molar-refractivity contribution in [1.82, 2.24) is 14.8 Å². The molecule has 0 bridgehead atoms. The van der Waals surface area contributed by atoms with Crippen LogP contribution in [0.15, 0.2) is 29.4 Å². The molecule has 0 saturated carbocycles. The van der Waals surface area contributed by atoms with Crippen molar-refractivity contribution >= 4 is 29.3 Å². The maximum absolute atomic E-state index is 12.2. The summed E-state index contributed by atoms with van der Waals surface area (Å²) < 4.78 is 2.00. The van der Waals surface area contributed by atoms with Gasteiger partial charge in [-0.25, -0.2) is 0 Å². The van der Waals surface area contributed by atoms with Crippen molar-refractivity contribution in [2.24, 2.45) is 5.73 Å². The molecular formula is C16H21N5O2S. The number of nitrogens with one attached hydrogen (secondary N) is 1. The zero-order valence-electron chi connectivity index (χ0n) is 13.9. The van der Waals surface area contributed by atoms with Gasteiger partial charge in [0.2, 0.25) is 5.91 Å². The fourth-order valence-electron chi connectivity index (χ4n) is 2.25. The van der Waals surface area contributed by atoms with Crippen LogP contribution in [0.5, 0.6) is 0 Å². The van der Waals surface area contributed by atoms with E-state index in [9.17, 15) is 9.59 Å². The first-order chi connectivity index (χ1) is 11.4. The molecule has 2 rings (SSSR count). The number of aromatic nitrogens is 3. The maximum atomic E-state index is 12.2. The van der Waals surface area contributed by atoms with Gasteiger partial charge >= 0.3 is 0 Å². The summed E-state index contributed by atoms with van der Waals surface area (Å²) >= 11 is 1.31. The van der Waals surface area contributed by atoms with E-state index in [1.54, 1.807) is 24.3 Å². The van der Waals surface area contributed by atoms with Crippen molar-refractivity contribution in [3.05, 3.63) is 35.7 Å². The topological polar surface area (TPSA) is 103 Å². The molecule has 0 aliphatic heterocycles. The molecule has 2 amide bonds. The van der Waals surface area contributed by atoms with E-state index < -0.39 is 5.91 Å². The Hall–Kier alpha value is -2.35. The lowest BCUT2D eigenvalue weighted by Gasteiger charge is -2.10. The summed E-state index contributed by atoms with van der Waals surface area (Å²) in [6.45, 7) is 6.87. The van der Waals surface area contributed by atoms with Gasteiger partial charge < -0.3 is 15.6 Å². The van der Waals surface area contributed by atoms with Crippen LogP contribution in [0.3, 0.4) is 0 Å². The molecule has 0 saturated heterocycles. The summed E-state index contributed by atoms with van der Waals surface area (Å²) in [6.07, 6.45) is 0. The highest BCUT2D eigenvalue weighted by Crippen LogP contribution is 2.22. The average Bonchev–Trinajstić information content (AvgIpc) is 2.96. The summed E-state index contributed by atoms with van der Waals surface area (Å²) in [5.41, 5.74) is 6.01. The van der Waals surface area contributed by atoms with Crippen LogP contribution in [-0.4, -0.2) is 32.3 Å². The van der Waals surface area contributed by atoms with E-state index in [0.717, 1.165) is 12.4 Å². The lowest BCUT2D eigenvalue weighted by molar-refractivity contribution is -0.113. The number of thioether (sulfide) groups is 1. The standard InChI is InChI=1S/C16H21N5O2S/c1-4-21-15(10(2)3)19-20-16(21)24-9-13(22)18-12-8-6-5-7-11(12)14(17)23/h5-8,10H,4,9H2,1-3H3,(H2,17,23)(H,18,22). The minimum Gasteiger partial charge on any atom is -0.366 e. The summed E-state index contributed by atoms with van der Waals surface area (Å²) in [6, 6.07) is 6.65. The van der Waals surface area contributed by atoms with Crippen LogP contribution < -0.4 is 11.1 Å². The summed E-state index contributed by atoms with van der Waals surface area (Å²) in [5, 5.41) is 11.8. The van der Waals surface area contributed by atoms with E-state index in [0.29, 0.717) is 10.8 Å². The quantitative estimate of drug-likeness (QED) is 0.748. The average molecular weight is 347 g/mol. The molecule has 1 aromatic carbocycles. The smallest absolute Gasteiger partial charge is 0.250 e. The predicted octanol–water partition coefficient (Wildman–Crippen LogP) is 2.25. The molecular weight excluding hydrogens is 326 g/mol. The first-order valence-electron chi connectivity index (χ1n) is 7.68. The third-order valence-corrected chi connectivity index (χ3v) is 4.34. The molecule has 1 heterocycles. The Labute approximate surface area is 145 Å². The molecule has 0 spiro atoms. The third kappa shape index (κ3) is 4.14. The van der Waals surface area contributed by atoms with Crippen molar-refractivity contribution in [3.8, 4) is 0 Å². The Morgan fingerprint density at radius 1 is 1.29 bits per heavy atom. The highest BCUT2D eigenvalue weighted by atomic mass is 32.2. The lowest BCUT2D eigenvalue weighted by Crippen LogP contribution is -2.19. The Kier molecular flexibility index (Phi) is 5.97. The van der Waals surface area contributed by atoms with Crippen molar-refractivity contribution in [2.75, 3.05) is 11.1 Å². The van der Waals surface area contributed by atoms with E-state index in [1.807, 2.05) is 11.5 Å². The number of hydrogen-bond acceptors (Lipinski definition) is 5. The molecule has 128 valence electrons. The number of anilines is 1. The molecule has 3 N–H and O–H groups in total. The SMILES string of the molecule is CCn1c(SCC(=O)Nc2ccccc2C(N)=O)nnc1C(C)C. The van der Waals surface area contributed by atoms with Gasteiger partial charge in [-0.2, -0.15) is 0 Å². The van der Waals surface area contributed by atoms with Crippen LogP contribution in [0.2, 0.25) is 0 Å². The first kappa shape index (κ1) is 18.0. The van der Waals surface area contributed by atoms with Gasteiger partial charge in [-0.3, -0.25) is 9.59 Å². The fourth-order valence-corrected chi connectivity index (χ4v) is 3.06. The number of amides is 2. The van der Waals surface area contributed by atoms with Gasteiger partial charge in [-0.1, -0.05) is 37.7 Å². The van der Waals surface area contributed by atoms with E-state index in [4.69, 9.17) is 5.73 Å². The second-order valence-corrected chi connectivity index (χ2v) is 6.43. The summed E-state index contributed by atoms with van der Waals surface area (Å²) in [5.74, 6) is 0.530. The number of benzene rings is 1. The normalized spacial score (nSPS) is 10.8. The molecule has 0 radical (unpaired) electrons. The van der Waals surface area contributed by atoms with E-state index in [2.05, 4.69) is 29.4 Å². The molecule has 0 atom stereocenters. The van der Waals surface area contributed by atoms with Gasteiger partial charge in [0.1, 0.15) is 5.82 Å². The van der Waals surface area contributed by atoms with Crippen LogP contribution >= 0.6 is 11.8 Å². The van der Waals surface area contributed by atoms with E-state index >= 15 is 0 Å². The van der Waals surface area contributed by atoms with Crippen LogP contribution in [-0.2, 0) is 11.3 Å². The largest absolute Gasteiger partial charge is 0.366 e. The Morgan fingerprint density at radius 3 is 2.62 bits per heavy atom. The third-order valence-electron chi connectivity index (χ3n) is 3.38. The Balaban J connectivity index is 2.03. The highest BCUT2D eigenvalue weighted by molar-refractivity contribution is 7.99. The van der Waals surface area contributed by atoms with Gasteiger partial charge in [0.15, 0.2) is 5.16 Å². The molecule has 0 aliphatic rings. The molecule has 8 heteroatoms. The van der Waals surface area contributed by atoms with E-state index in [-0.39, 0.29) is 23.1 Å². The minimum atomic E-state index is -0.578. The highest BCUT2D eigenvalue weighted by Gasteiger charge is 2.16. The molecule has 24 heavy (non-hydrogen) atoms. The number of rotatable bonds is 7. The number of primary amides is 1. The van der Waals surface area contributed by atoms with Crippen LogP contribution in [0.1, 0.15) is 42.9 Å². The Morgan fingerprint density at radius 2 is 2.00 bits per heavy atom. The monoisotopic (exact) mass is 347 g/mol. The fraction of sp³-hybridized carbons (Fsp3) is 0.375. The second kappa shape index (κ2) is 7.96. The zero-order chi connectivity index (χ0) is 17.7. The maximum Gasteiger partial charge on any atom is 0.250 e. The minimum absolute atomic E-state index is 0.170. The number of para-hydroxylation sites is 1. The second-order valence-electron chi connectivity index (χ2n) is 5.49. The summed E-state index contributed by atoms with van der Waals surface area (Å²) in [7, 11) is 0. The van der Waals surface area contributed by atoms with Gasteiger partial charge in [-0.15, -0.1) is 10.2 Å². The van der Waals surface area contributed by atoms with Gasteiger partial charge in [0, 0.05) is 12.5 Å². The first-order valence-corrected chi connectivity index (χ1v) is 8.67. The molecule has 7 nitrogen and oxygen atoms in total. The molecule has 0 fully saturated rings. The predicted molar refractivity (Wildman–Crippen MR) is 94.1 cm³/mol. The number of nitrogens with zero attached hydrogens (tertiary/aromatic N) is 3.